The summed E-state index contributed by atoms with van der Waals surface area (Å²) in [6, 6.07) is 2.77. The molecule has 2 aromatic rings. The van der Waals surface area contributed by atoms with Gasteiger partial charge in [0.1, 0.15) is 11.5 Å². The highest BCUT2D eigenvalue weighted by Crippen LogP contribution is 2.35. The molecular weight excluding hydrogens is 275 g/mol. The van der Waals surface area contributed by atoms with E-state index in [0.717, 1.165) is 0 Å². The molecule has 6 heteroatoms. The van der Waals surface area contributed by atoms with Crippen LogP contribution in [0, 0.1) is 5.82 Å². The number of rotatable bonds is 5. The van der Waals surface area contributed by atoms with Crippen LogP contribution in [0.4, 0.5) is 4.39 Å². The van der Waals surface area contributed by atoms with E-state index in [1.54, 1.807) is 10.9 Å². The van der Waals surface area contributed by atoms with Gasteiger partial charge >= 0.3 is 0 Å². The molecule has 2 rings (SSSR count). The highest BCUT2D eigenvalue weighted by molar-refractivity contribution is 5.86. The number of halogens is 1. The molecule has 0 bridgehead atoms. The molecule has 1 aromatic carbocycles. The summed E-state index contributed by atoms with van der Waals surface area (Å²) in [5.41, 5.74) is 0.820. The highest BCUT2D eigenvalue weighted by Gasteiger charge is 2.19. The molecule has 21 heavy (non-hydrogen) atoms. The molecule has 0 aliphatic heterocycles. The van der Waals surface area contributed by atoms with Gasteiger partial charge in [-0.3, -0.25) is 9.48 Å². The lowest BCUT2D eigenvalue weighted by atomic mass is 10.1. The zero-order valence-electron chi connectivity index (χ0n) is 12.4. The fourth-order valence-corrected chi connectivity index (χ4v) is 2.00. The Balaban J connectivity index is 2.63. The number of hydrogen-bond acceptors (Lipinski definition) is 4. The van der Waals surface area contributed by atoms with Crippen molar-refractivity contribution < 1.29 is 18.7 Å². The van der Waals surface area contributed by atoms with Crippen molar-refractivity contribution in [1.29, 1.82) is 0 Å². The summed E-state index contributed by atoms with van der Waals surface area (Å²) in [7, 11) is 2.90. The van der Waals surface area contributed by atoms with Crippen LogP contribution in [0.25, 0.3) is 11.3 Å². The summed E-state index contributed by atoms with van der Waals surface area (Å²) in [5.74, 6) is 0.143. The minimum Gasteiger partial charge on any atom is -0.493 e. The van der Waals surface area contributed by atoms with E-state index in [1.165, 1.54) is 26.4 Å². The van der Waals surface area contributed by atoms with E-state index in [0.29, 0.717) is 17.6 Å². The number of methoxy groups -OCH3 is 2. The van der Waals surface area contributed by atoms with Gasteiger partial charge < -0.3 is 9.47 Å². The molecule has 0 aliphatic carbocycles. The topological polar surface area (TPSA) is 53.4 Å². The van der Waals surface area contributed by atoms with Gasteiger partial charge in [-0.15, -0.1) is 0 Å². The average molecular weight is 292 g/mol. The van der Waals surface area contributed by atoms with Gasteiger partial charge in [0.05, 0.1) is 19.8 Å². The van der Waals surface area contributed by atoms with Gasteiger partial charge in [-0.1, -0.05) is 0 Å². The van der Waals surface area contributed by atoms with Gasteiger partial charge in [-0.25, -0.2) is 4.39 Å². The molecule has 0 saturated carbocycles. The predicted octanol–water partition coefficient (Wildman–Crippen LogP) is 3.10. The number of ether oxygens (including phenoxy) is 2. The first-order chi connectivity index (χ1) is 10.0. The number of benzene rings is 1. The lowest BCUT2D eigenvalue weighted by Crippen LogP contribution is -2.01. The van der Waals surface area contributed by atoms with Gasteiger partial charge in [0.2, 0.25) is 0 Å². The smallest absolute Gasteiger partial charge is 0.163 e. The molecule has 1 heterocycles. The Labute approximate surface area is 122 Å². The molecule has 0 saturated heterocycles. The Kier molecular flexibility index (Phi) is 4.26. The normalized spacial score (nSPS) is 10.8. The summed E-state index contributed by atoms with van der Waals surface area (Å²) < 4.78 is 26.1. The monoisotopic (exact) mass is 292 g/mol. The quantitative estimate of drug-likeness (QED) is 0.795. The first-order valence-corrected chi connectivity index (χ1v) is 6.48. The Morgan fingerprint density at radius 3 is 2.38 bits per heavy atom. The first-order valence-electron chi connectivity index (χ1n) is 6.48. The van der Waals surface area contributed by atoms with Crippen LogP contribution in [-0.4, -0.2) is 30.3 Å². The van der Waals surface area contributed by atoms with E-state index in [4.69, 9.17) is 9.47 Å². The maximum absolute atomic E-state index is 14.3. The van der Waals surface area contributed by atoms with Crippen molar-refractivity contribution in [3.8, 4) is 22.8 Å². The fraction of sp³-hybridized carbons (Fsp3) is 0.333. The lowest BCUT2D eigenvalue weighted by molar-refractivity contribution is 0.112. The third-order valence-electron chi connectivity index (χ3n) is 3.14. The van der Waals surface area contributed by atoms with Crippen LogP contribution < -0.4 is 9.47 Å². The standard InChI is InChI=1S/C15H17FN2O3/c1-9(2)18-7-10(8-19)15(17-18)11-5-13(20-3)14(21-4)6-12(11)16/h5-9H,1-4H3. The van der Waals surface area contributed by atoms with Crippen molar-refractivity contribution in [2.24, 2.45) is 0 Å². The zero-order chi connectivity index (χ0) is 15.6. The SMILES string of the molecule is COc1cc(F)c(-c2nn(C(C)C)cc2C=O)cc1OC. The maximum atomic E-state index is 14.3. The van der Waals surface area contributed by atoms with E-state index in [-0.39, 0.29) is 23.0 Å². The summed E-state index contributed by atoms with van der Waals surface area (Å²) >= 11 is 0. The highest BCUT2D eigenvalue weighted by atomic mass is 19.1. The minimum atomic E-state index is -0.523. The Morgan fingerprint density at radius 2 is 1.86 bits per heavy atom. The van der Waals surface area contributed by atoms with Crippen molar-refractivity contribution in [3.63, 3.8) is 0 Å². The Morgan fingerprint density at radius 1 is 1.24 bits per heavy atom. The average Bonchev–Trinajstić information content (AvgIpc) is 2.91. The van der Waals surface area contributed by atoms with Crippen LogP contribution in [0.15, 0.2) is 18.3 Å². The second-order valence-corrected chi connectivity index (χ2v) is 4.81. The molecule has 0 aliphatic rings. The largest absolute Gasteiger partial charge is 0.493 e. The van der Waals surface area contributed by atoms with Crippen LogP contribution in [0.2, 0.25) is 0 Å². The van der Waals surface area contributed by atoms with Gasteiger partial charge in [0, 0.05) is 23.9 Å². The molecule has 0 N–H and O–H groups in total. The third-order valence-corrected chi connectivity index (χ3v) is 3.14. The van der Waals surface area contributed by atoms with E-state index in [1.807, 2.05) is 13.8 Å². The predicted molar refractivity (Wildman–Crippen MR) is 76.5 cm³/mol. The van der Waals surface area contributed by atoms with Crippen molar-refractivity contribution in [2.75, 3.05) is 14.2 Å². The van der Waals surface area contributed by atoms with Crippen LogP contribution in [-0.2, 0) is 0 Å². The summed E-state index contributed by atoms with van der Waals surface area (Å²) in [6.45, 7) is 3.85. The van der Waals surface area contributed by atoms with Gasteiger partial charge in [0.15, 0.2) is 17.8 Å². The minimum absolute atomic E-state index is 0.0701. The number of aromatic nitrogens is 2. The van der Waals surface area contributed by atoms with Crippen molar-refractivity contribution >= 4 is 6.29 Å². The van der Waals surface area contributed by atoms with Gasteiger partial charge in [-0.05, 0) is 19.9 Å². The number of nitrogens with zero attached hydrogens (tertiary/aromatic N) is 2. The molecule has 0 spiro atoms. The van der Waals surface area contributed by atoms with Crippen LogP contribution in [0.5, 0.6) is 11.5 Å². The van der Waals surface area contributed by atoms with Crippen molar-refractivity contribution in [3.05, 3.63) is 29.7 Å². The Hall–Kier alpha value is -2.37. The van der Waals surface area contributed by atoms with E-state index >= 15 is 0 Å². The fourth-order valence-electron chi connectivity index (χ4n) is 2.00. The van der Waals surface area contributed by atoms with E-state index in [9.17, 15) is 9.18 Å². The second kappa shape index (κ2) is 5.95. The molecule has 0 amide bonds. The van der Waals surface area contributed by atoms with E-state index < -0.39 is 5.82 Å². The molecule has 1 aromatic heterocycles. The molecule has 0 radical (unpaired) electrons. The number of carbonyl (C=O) groups excluding carboxylic acids is 1. The Bertz CT molecular complexity index is 665. The first kappa shape index (κ1) is 15.0. The summed E-state index contributed by atoms with van der Waals surface area (Å²) in [5, 5.41) is 4.29. The van der Waals surface area contributed by atoms with Gasteiger partial charge in [0.25, 0.3) is 0 Å². The second-order valence-electron chi connectivity index (χ2n) is 4.81. The van der Waals surface area contributed by atoms with Crippen LogP contribution in [0.3, 0.4) is 0 Å². The number of aldehydes is 1. The molecule has 0 unspecified atom stereocenters. The third kappa shape index (κ3) is 2.74. The lowest BCUT2D eigenvalue weighted by Gasteiger charge is -2.10. The molecule has 0 atom stereocenters. The van der Waals surface area contributed by atoms with Crippen LogP contribution in [0.1, 0.15) is 30.2 Å². The van der Waals surface area contributed by atoms with Gasteiger partial charge in [-0.2, -0.15) is 5.10 Å². The van der Waals surface area contributed by atoms with Crippen LogP contribution >= 0.6 is 0 Å². The zero-order valence-corrected chi connectivity index (χ0v) is 12.4. The molecular formula is C15H17FN2O3. The van der Waals surface area contributed by atoms with E-state index in [2.05, 4.69) is 5.10 Å². The summed E-state index contributed by atoms with van der Waals surface area (Å²) in [4.78, 5) is 11.2. The molecule has 112 valence electrons. The maximum Gasteiger partial charge on any atom is 0.163 e. The number of hydrogen-bond donors (Lipinski definition) is 0. The molecule has 5 nitrogen and oxygen atoms in total. The van der Waals surface area contributed by atoms with Crippen molar-refractivity contribution in [1.82, 2.24) is 9.78 Å². The summed E-state index contributed by atoms with van der Waals surface area (Å²) in [6.07, 6.45) is 2.26. The molecule has 0 fully saturated rings. The number of carbonyl (C=O) groups is 1. The van der Waals surface area contributed by atoms with Crippen molar-refractivity contribution in [2.45, 2.75) is 19.9 Å².